The Morgan fingerprint density at radius 3 is 2.56 bits per heavy atom. The van der Waals surface area contributed by atoms with Crippen LogP contribution in [0.3, 0.4) is 0 Å². The van der Waals surface area contributed by atoms with Gasteiger partial charge in [-0.3, -0.25) is 5.43 Å². The number of methoxy groups -OCH3 is 1. The van der Waals surface area contributed by atoms with Crippen LogP contribution >= 0.6 is 0 Å². The molecule has 2 aromatic carbocycles. The van der Waals surface area contributed by atoms with Gasteiger partial charge in [0.2, 0.25) is 0 Å². The lowest BCUT2D eigenvalue weighted by molar-refractivity contribution is 0.415. The van der Waals surface area contributed by atoms with E-state index in [9.17, 15) is 9.90 Å². The van der Waals surface area contributed by atoms with Crippen molar-refractivity contribution in [2.45, 2.75) is 19.8 Å². The molecule has 0 atom stereocenters. The first kappa shape index (κ1) is 16.6. The van der Waals surface area contributed by atoms with Crippen molar-refractivity contribution in [1.82, 2.24) is 14.9 Å². The number of hydrogen-bond donors (Lipinski definition) is 3. The molecule has 130 valence electrons. The van der Waals surface area contributed by atoms with E-state index in [1.165, 1.54) is 4.68 Å². The van der Waals surface area contributed by atoms with Crippen molar-refractivity contribution in [2.75, 3.05) is 12.5 Å². The van der Waals surface area contributed by atoms with Crippen molar-refractivity contribution in [2.24, 2.45) is 0 Å². The van der Waals surface area contributed by atoms with Gasteiger partial charge in [0.25, 0.3) is 0 Å². The molecule has 0 saturated carbocycles. The van der Waals surface area contributed by atoms with E-state index in [-0.39, 0.29) is 17.4 Å². The third kappa shape index (κ3) is 3.35. The predicted molar refractivity (Wildman–Crippen MR) is 96.1 cm³/mol. The van der Waals surface area contributed by atoms with Crippen molar-refractivity contribution in [3.8, 4) is 22.9 Å². The van der Waals surface area contributed by atoms with E-state index >= 15 is 0 Å². The van der Waals surface area contributed by atoms with Crippen LogP contribution in [0.5, 0.6) is 11.5 Å². The minimum atomic E-state index is -0.384. The number of anilines is 1. The van der Waals surface area contributed by atoms with Gasteiger partial charge in [-0.05, 0) is 53.9 Å². The number of ether oxygens (including phenoxy) is 1. The average Bonchev–Trinajstić information content (AvgIpc) is 2.96. The van der Waals surface area contributed by atoms with E-state index in [1.54, 1.807) is 43.5 Å². The number of benzene rings is 2. The summed E-state index contributed by atoms with van der Waals surface area (Å²) in [5, 5.41) is 16.5. The first-order valence-corrected chi connectivity index (χ1v) is 7.91. The summed E-state index contributed by atoms with van der Waals surface area (Å²) in [7, 11) is 1.60. The van der Waals surface area contributed by atoms with Gasteiger partial charge in [0.1, 0.15) is 11.5 Å². The van der Waals surface area contributed by atoms with E-state index in [1.807, 2.05) is 19.9 Å². The summed E-state index contributed by atoms with van der Waals surface area (Å²) in [6.45, 7) is 3.98. The van der Waals surface area contributed by atoms with Crippen LogP contribution in [0, 0.1) is 0 Å². The number of phenolic OH excluding ortho intramolecular Hbond substituents is 1. The minimum absolute atomic E-state index is 0.147. The Morgan fingerprint density at radius 1 is 1.20 bits per heavy atom. The molecular weight excluding hydrogens is 320 g/mol. The van der Waals surface area contributed by atoms with Gasteiger partial charge in [0, 0.05) is 5.56 Å². The standard InChI is InChI=1S/C18H20N4O3/c1-11(2)15-10-12(4-9-16(15)23)17-19-20-18(24)22(17)21-13-5-7-14(25-3)8-6-13/h4-11,21,23H,1-3H3,(H,20,24). The summed E-state index contributed by atoms with van der Waals surface area (Å²) in [6.07, 6.45) is 0. The minimum Gasteiger partial charge on any atom is -0.508 e. The molecule has 25 heavy (non-hydrogen) atoms. The molecular formula is C18H20N4O3. The largest absolute Gasteiger partial charge is 0.508 e. The second-order valence-corrected chi connectivity index (χ2v) is 5.96. The third-order valence-electron chi connectivity index (χ3n) is 3.91. The number of aromatic amines is 1. The molecule has 0 amide bonds. The van der Waals surface area contributed by atoms with Crippen molar-refractivity contribution < 1.29 is 9.84 Å². The molecule has 0 fully saturated rings. The highest BCUT2D eigenvalue weighted by atomic mass is 16.5. The zero-order chi connectivity index (χ0) is 18.0. The van der Waals surface area contributed by atoms with Crippen molar-refractivity contribution >= 4 is 5.69 Å². The molecule has 0 aliphatic carbocycles. The summed E-state index contributed by atoms with van der Waals surface area (Å²) in [4.78, 5) is 12.1. The predicted octanol–water partition coefficient (Wildman–Crippen LogP) is 2.95. The molecule has 0 saturated heterocycles. The highest BCUT2D eigenvalue weighted by Crippen LogP contribution is 2.29. The molecule has 0 radical (unpaired) electrons. The molecule has 3 rings (SSSR count). The van der Waals surface area contributed by atoms with E-state index in [0.717, 1.165) is 16.9 Å². The van der Waals surface area contributed by atoms with Gasteiger partial charge in [-0.2, -0.15) is 9.77 Å². The van der Waals surface area contributed by atoms with Gasteiger partial charge >= 0.3 is 5.69 Å². The van der Waals surface area contributed by atoms with Crippen LogP contribution in [0.25, 0.3) is 11.4 Å². The van der Waals surface area contributed by atoms with Crippen LogP contribution in [0.2, 0.25) is 0 Å². The maximum atomic E-state index is 12.1. The zero-order valence-electron chi connectivity index (χ0n) is 14.3. The Labute approximate surface area is 144 Å². The van der Waals surface area contributed by atoms with Gasteiger partial charge in [-0.25, -0.2) is 9.89 Å². The van der Waals surface area contributed by atoms with E-state index in [0.29, 0.717) is 11.5 Å². The van der Waals surface area contributed by atoms with E-state index < -0.39 is 0 Å². The van der Waals surface area contributed by atoms with Crippen molar-refractivity contribution in [3.63, 3.8) is 0 Å². The lowest BCUT2D eigenvalue weighted by Crippen LogP contribution is -2.24. The van der Waals surface area contributed by atoms with Crippen molar-refractivity contribution in [1.29, 1.82) is 0 Å². The fourth-order valence-corrected chi connectivity index (χ4v) is 2.55. The number of phenols is 1. The third-order valence-corrected chi connectivity index (χ3v) is 3.91. The topological polar surface area (TPSA) is 92.2 Å². The molecule has 7 heteroatoms. The van der Waals surface area contributed by atoms with Crippen LogP contribution in [-0.4, -0.2) is 27.1 Å². The first-order valence-electron chi connectivity index (χ1n) is 7.91. The number of aromatic hydroxyl groups is 1. The molecule has 0 aliphatic rings. The van der Waals surface area contributed by atoms with Crippen molar-refractivity contribution in [3.05, 3.63) is 58.5 Å². The molecule has 0 aliphatic heterocycles. The van der Waals surface area contributed by atoms with Gasteiger partial charge < -0.3 is 9.84 Å². The number of nitrogens with zero attached hydrogens (tertiary/aromatic N) is 2. The summed E-state index contributed by atoms with van der Waals surface area (Å²) in [5.41, 5.74) is 4.88. The Bertz CT molecular complexity index is 926. The first-order chi connectivity index (χ1) is 12.0. The monoisotopic (exact) mass is 340 g/mol. The Hall–Kier alpha value is -3.22. The highest BCUT2D eigenvalue weighted by molar-refractivity contribution is 5.60. The van der Waals surface area contributed by atoms with E-state index in [2.05, 4.69) is 15.6 Å². The fourth-order valence-electron chi connectivity index (χ4n) is 2.55. The van der Waals surface area contributed by atoms with Crippen LogP contribution in [0.1, 0.15) is 25.3 Å². The molecule has 1 aromatic heterocycles. The molecule has 1 heterocycles. The summed E-state index contributed by atoms with van der Waals surface area (Å²) in [5.74, 6) is 1.54. The maximum Gasteiger partial charge on any atom is 0.362 e. The molecule has 0 bridgehead atoms. The highest BCUT2D eigenvalue weighted by Gasteiger charge is 2.14. The molecule has 3 aromatic rings. The average molecular weight is 340 g/mol. The fraction of sp³-hybridized carbons (Fsp3) is 0.222. The smallest absolute Gasteiger partial charge is 0.362 e. The van der Waals surface area contributed by atoms with Gasteiger partial charge in [0.05, 0.1) is 12.8 Å². The number of aromatic nitrogens is 3. The lowest BCUT2D eigenvalue weighted by Gasteiger charge is -2.12. The summed E-state index contributed by atoms with van der Waals surface area (Å²) in [6, 6.07) is 12.4. The Balaban J connectivity index is 1.99. The maximum absolute atomic E-state index is 12.1. The lowest BCUT2D eigenvalue weighted by atomic mass is 9.99. The number of H-pyrrole nitrogens is 1. The number of hydrogen-bond acceptors (Lipinski definition) is 5. The van der Waals surface area contributed by atoms with Gasteiger partial charge in [-0.1, -0.05) is 13.8 Å². The summed E-state index contributed by atoms with van der Waals surface area (Å²) >= 11 is 0. The normalized spacial score (nSPS) is 10.9. The molecule has 0 unspecified atom stereocenters. The van der Waals surface area contributed by atoms with E-state index in [4.69, 9.17) is 4.74 Å². The number of rotatable bonds is 5. The number of nitrogens with one attached hydrogen (secondary N) is 2. The van der Waals surface area contributed by atoms with Gasteiger partial charge in [0.15, 0.2) is 5.82 Å². The second kappa shape index (κ2) is 6.72. The zero-order valence-corrected chi connectivity index (χ0v) is 14.3. The van der Waals surface area contributed by atoms with Gasteiger partial charge in [-0.15, -0.1) is 0 Å². The van der Waals surface area contributed by atoms with Crippen LogP contribution in [0.4, 0.5) is 5.69 Å². The SMILES string of the molecule is COc1ccc(Nn2c(-c3ccc(O)c(C(C)C)c3)n[nH]c2=O)cc1. The van der Waals surface area contributed by atoms with Crippen LogP contribution < -0.4 is 15.9 Å². The van der Waals surface area contributed by atoms with Crippen LogP contribution in [0.15, 0.2) is 47.3 Å². The Kier molecular flexibility index (Phi) is 4.47. The molecule has 7 nitrogen and oxygen atoms in total. The second-order valence-electron chi connectivity index (χ2n) is 5.96. The quantitative estimate of drug-likeness (QED) is 0.664. The Morgan fingerprint density at radius 2 is 1.92 bits per heavy atom. The summed E-state index contributed by atoms with van der Waals surface area (Å²) < 4.78 is 6.46. The molecule has 0 spiro atoms. The molecule has 3 N–H and O–H groups in total. The van der Waals surface area contributed by atoms with Crippen LogP contribution in [-0.2, 0) is 0 Å².